The Labute approximate surface area is 110 Å². The summed E-state index contributed by atoms with van der Waals surface area (Å²) in [5.41, 5.74) is 6.85. The van der Waals surface area contributed by atoms with Crippen LogP contribution in [-0.2, 0) is 0 Å². The number of anilines is 1. The van der Waals surface area contributed by atoms with Crippen LogP contribution in [0, 0.1) is 11.3 Å². The van der Waals surface area contributed by atoms with Gasteiger partial charge in [0.05, 0.1) is 0 Å². The number of nitrogens with zero attached hydrogens (tertiary/aromatic N) is 1. The largest absolute Gasteiger partial charge is 0.456 e. The van der Waals surface area contributed by atoms with E-state index in [-0.39, 0.29) is 0 Å². The summed E-state index contributed by atoms with van der Waals surface area (Å²) in [4.78, 5) is 0.908. The molecule has 0 aliphatic carbocycles. The van der Waals surface area contributed by atoms with Crippen molar-refractivity contribution in [3.05, 3.63) is 48.0 Å². The topological polar surface area (TPSA) is 59.0 Å². The fourth-order valence-electron chi connectivity index (χ4n) is 1.54. The molecule has 18 heavy (non-hydrogen) atoms. The molecule has 0 aromatic heterocycles. The Morgan fingerprint density at radius 2 is 1.89 bits per heavy atom. The lowest BCUT2D eigenvalue weighted by Crippen LogP contribution is -1.91. The highest BCUT2D eigenvalue weighted by Crippen LogP contribution is 2.31. The summed E-state index contributed by atoms with van der Waals surface area (Å²) >= 11 is 1.52. The summed E-state index contributed by atoms with van der Waals surface area (Å²) in [6.45, 7) is 0. The lowest BCUT2D eigenvalue weighted by atomic mass is 10.2. The maximum absolute atomic E-state index is 9.19. The van der Waals surface area contributed by atoms with E-state index in [9.17, 15) is 5.26 Å². The van der Waals surface area contributed by atoms with E-state index in [0.29, 0.717) is 22.7 Å². The van der Waals surface area contributed by atoms with Gasteiger partial charge in [-0.15, -0.1) is 11.8 Å². The minimum atomic E-state index is 0.557. The third-order valence-corrected chi connectivity index (χ3v) is 3.21. The molecule has 2 rings (SSSR count). The third-order valence-electron chi connectivity index (χ3n) is 2.43. The van der Waals surface area contributed by atoms with Crippen LogP contribution >= 0.6 is 11.8 Å². The maximum atomic E-state index is 9.19. The van der Waals surface area contributed by atoms with Crippen molar-refractivity contribution in [1.82, 2.24) is 0 Å². The normalized spacial score (nSPS) is 9.78. The first-order chi connectivity index (χ1) is 8.74. The Balaban J connectivity index is 2.35. The number of nitriles is 1. The van der Waals surface area contributed by atoms with E-state index in [1.54, 1.807) is 30.3 Å². The van der Waals surface area contributed by atoms with Crippen molar-refractivity contribution in [1.29, 1.82) is 5.26 Å². The molecule has 0 fully saturated rings. The standard InChI is InChI=1S/C14H12N2OS/c1-18-14-4-2-3-13(12(14)9-15)17-11-7-5-10(16)6-8-11/h2-8H,16H2,1H3. The van der Waals surface area contributed by atoms with E-state index in [2.05, 4.69) is 6.07 Å². The van der Waals surface area contributed by atoms with Crippen molar-refractivity contribution < 1.29 is 4.74 Å². The number of hydrogen-bond donors (Lipinski definition) is 1. The molecule has 0 spiro atoms. The first kappa shape index (κ1) is 12.3. The van der Waals surface area contributed by atoms with Crippen LogP contribution in [0.1, 0.15) is 5.56 Å². The van der Waals surface area contributed by atoms with Gasteiger partial charge in [-0.1, -0.05) is 6.07 Å². The summed E-state index contributed by atoms with van der Waals surface area (Å²) in [5.74, 6) is 1.23. The third kappa shape index (κ3) is 2.58. The summed E-state index contributed by atoms with van der Waals surface area (Å²) < 4.78 is 5.71. The first-order valence-corrected chi connectivity index (χ1v) is 6.57. The lowest BCUT2D eigenvalue weighted by Gasteiger charge is -2.09. The zero-order valence-corrected chi connectivity index (χ0v) is 10.7. The molecular formula is C14H12N2OS. The molecule has 0 aliphatic rings. The fourth-order valence-corrected chi connectivity index (χ4v) is 2.10. The van der Waals surface area contributed by atoms with Gasteiger partial charge in [-0.3, -0.25) is 0 Å². The SMILES string of the molecule is CSc1cccc(Oc2ccc(N)cc2)c1C#N. The highest BCUT2D eigenvalue weighted by Gasteiger charge is 2.09. The lowest BCUT2D eigenvalue weighted by molar-refractivity contribution is 0.479. The number of hydrogen-bond acceptors (Lipinski definition) is 4. The van der Waals surface area contributed by atoms with E-state index in [1.165, 1.54) is 11.8 Å². The van der Waals surface area contributed by atoms with Gasteiger partial charge in [0.2, 0.25) is 0 Å². The second kappa shape index (κ2) is 5.48. The van der Waals surface area contributed by atoms with Crippen molar-refractivity contribution in [2.75, 3.05) is 12.0 Å². The van der Waals surface area contributed by atoms with Gasteiger partial charge >= 0.3 is 0 Å². The number of thioether (sulfide) groups is 1. The zero-order valence-electron chi connectivity index (χ0n) is 9.88. The zero-order chi connectivity index (χ0) is 13.0. The molecule has 0 amide bonds. The fraction of sp³-hybridized carbons (Fsp3) is 0.0714. The molecule has 0 unspecified atom stereocenters. The minimum Gasteiger partial charge on any atom is -0.456 e. The van der Waals surface area contributed by atoms with Crippen LogP contribution in [0.3, 0.4) is 0 Å². The second-order valence-corrected chi connectivity index (χ2v) is 4.46. The average Bonchev–Trinajstić information content (AvgIpc) is 2.41. The molecule has 3 nitrogen and oxygen atoms in total. The Hall–Kier alpha value is -2.12. The van der Waals surface area contributed by atoms with Crippen molar-refractivity contribution in [3.63, 3.8) is 0 Å². The van der Waals surface area contributed by atoms with E-state index < -0.39 is 0 Å². The molecule has 0 saturated heterocycles. The molecular weight excluding hydrogens is 244 g/mol. The molecule has 0 saturated carbocycles. The van der Waals surface area contributed by atoms with Crippen LogP contribution in [0.25, 0.3) is 0 Å². The van der Waals surface area contributed by atoms with Crippen LogP contribution in [0.4, 0.5) is 5.69 Å². The van der Waals surface area contributed by atoms with E-state index in [4.69, 9.17) is 10.5 Å². The minimum absolute atomic E-state index is 0.557. The monoisotopic (exact) mass is 256 g/mol. The molecule has 4 heteroatoms. The molecule has 0 atom stereocenters. The van der Waals surface area contributed by atoms with Gasteiger partial charge in [0.1, 0.15) is 23.1 Å². The molecule has 0 aliphatic heterocycles. The number of nitrogen functional groups attached to an aromatic ring is 1. The molecule has 2 N–H and O–H groups in total. The van der Waals surface area contributed by atoms with Crippen LogP contribution in [-0.4, -0.2) is 6.26 Å². The maximum Gasteiger partial charge on any atom is 0.146 e. The van der Waals surface area contributed by atoms with Crippen LogP contribution in [0.2, 0.25) is 0 Å². The van der Waals surface area contributed by atoms with Gasteiger partial charge in [-0.2, -0.15) is 5.26 Å². The molecule has 2 aromatic rings. The van der Waals surface area contributed by atoms with E-state index in [1.807, 2.05) is 18.4 Å². The van der Waals surface area contributed by atoms with Crippen molar-refractivity contribution in [3.8, 4) is 17.6 Å². The Kier molecular flexibility index (Phi) is 3.75. The Morgan fingerprint density at radius 1 is 1.17 bits per heavy atom. The molecule has 2 aromatic carbocycles. The number of nitrogens with two attached hydrogens (primary N) is 1. The Bertz CT molecular complexity index is 588. The van der Waals surface area contributed by atoms with Crippen LogP contribution in [0.15, 0.2) is 47.4 Å². The van der Waals surface area contributed by atoms with Gasteiger partial charge < -0.3 is 10.5 Å². The van der Waals surface area contributed by atoms with E-state index >= 15 is 0 Å². The van der Waals surface area contributed by atoms with Crippen molar-refractivity contribution in [2.24, 2.45) is 0 Å². The van der Waals surface area contributed by atoms with E-state index in [0.717, 1.165) is 4.90 Å². The van der Waals surface area contributed by atoms with Crippen LogP contribution in [0.5, 0.6) is 11.5 Å². The first-order valence-electron chi connectivity index (χ1n) is 5.35. The van der Waals surface area contributed by atoms with Gasteiger partial charge in [-0.25, -0.2) is 0 Å². The van der Waals surface area contributed by atoms with Gasteiger partial charge in [0.15, 0.2) is 0 Å². The quantitative estimate of drug-likeness (QED) is 0.672. The Morgan fingerprint density at radius 3 is 2.50 bits per heavy atom. The highest BCUT2D eigenvalue weighted by molar-refractivity contribution is 7.98. The number of rotatable bonds is 3. The summed E-state index contributed by atoms with van der Waals surface area (Å²) in [6, 6.07) is 14.8. The predicted octanol–water partition coefficient (Wildman–Crippen LogP) is 3.65. The smallest absolute Gasteiger partial charge is 0.146 e. The molecule has 90 valence electrons. The van der Waals surface area contributed by atoms with Gasteiger partial charge in [0, 0.05) is 10.6 Å². The predicted molar refractivity (Wildman–Crippen MR) is 73.9 cm³/mol. The second-order valence-electron chi connectivity index (χ2n) is 3.62. The van der Waals surface area contributed by atoms with Crippen molar-refractivity contribution in [2.45, 2.75) is 4.90 Å². The van der Waals surface area contributed by atoms with Crippen LogP contribution < -0.4 is 10.5 Å². The number of benzene rings is 2. The summed E-state index contributed by atoms with van der Waals surface area (Å²) in [5, 5.41) is 9.19. The molecule has 0 heterocycles. The van der Waals surface area contributed by atoms with Gasteiger partial charge in [-0.05, 0) is 42.7 Å². The van der Waals surface area contributed by atoms with Gasteiger partial charge in [0.25, 0.3) is 0 Å². The molecule has 0 radical (unpaired) electrons. The average molecular weight is 256 g/mol. The number of ether oxygens (including phenoxy) is 1. The summed E-state index contributed by atoms with van der Waals surface area (Å²) in [7, 11) is 0. The highest BCUT2D eigenvalue weighted by atomic mass is 32.2. The molecule has 0 bridgehead atoms. The summed E-state index contributed by atoms with van der Waals surface area (Å²) in [6.07, 6.45) is 1.93. The van der Waals surface area contributed by atoms with Crippen molar-refractivity contribution >= 4 is 17.4 Å².